The van der Waals surface area contributed by atoms with Gasteiger partial charge in [-0.05, 0) is 24.0 Å². The van der Waals surface area contributed by atoms with Crippen molar-refractivity contribution < 1.29 is 9.47 Å². The molecule has 0 amide bonds. The quantitative estimate of drug-likeness (QED) is 0.150. The summed E-state index contributed by atoms with van der Waals surface area (Å²) in [6.45, 7) is 0. The lowest BCUT2D eigenvalue weighted by atomic mass is 9.78. The molecule has 2 heterocycles. The van der Waals surface area contributed by atoms with E-state index in [1.165, 1.54) is 11.1 Å². The third-order valence-electron chi connectivity index (χ3n) is 9.75. The molecule has 0 saturated heterocycles. The van der Waals surface area contributed by atoms with Crippen LogP contribution in [0.2, 0.25) is 0 Å². The molecule has 8 rings (SSSR count). The predicted octanol–water partition coefficient (Wildman–Crippen LogP) is 9.34. The minimum Gasteiger partial charge on any atom is -0.462 e. The molecule has 0 bridgehead atoms. The van der Waals surface area contributed by atoms with E-state index < -0.39 is 11.2 Å². The van der Waals surface area contributed by atoms with Crippen LogP contribution in [0.25, 0.3) is 0 Å². The second-order valence-electron chi connectivity index (χ2n) is 12.8. The Bertz CT molecular complexity index is 1800. The minimum atomic E-state index is -0.813. The Morgan fingerprint density at radius 3 is 0.918 bits per heavy atom. The molecule has 2 atom stereocenters. The molecular weight excluding hydrogens is 601 g/mol. The van der Waals surface area contributed by atoms with Crippen LogP contribution >= 0.6 is 0 Å². The van der Waals surface area contributed by atoms with Gasteiger partial charge in [-0.3, -0.25) is 0 Å². The normalized spacial score (nSPS) is 18.9. The SMILES string of the molecule is c1ccc(C[C@H]2N=C(CC3=N[C@H](Cc4ccccc4)C(c4ccccc4)(c4ccccc4)O3)OC2(c2ccccc2)c2ccccc2)cc1. The Hall–Kier alpha value is -5.74. The number of ether oxygens (including phenoxy) is 2. The highest BCUT2D eigenvalue weighted by Gasteiger charge is 2.53. The van der Waals surface area contributed by atoms with Crippen LogP contribution in [-0.4, -0.2) is 23.9 Å². The summed E-state index contributed by atoms with van der Waals surface area (Å²) in [6, 6.07) is 62.7. The molecule has 0 aromatic heterocycles. The van der Waals surface area contributed by atoms with Gasteiger partial charge in [0.2, 0.25) is 0 Å². The lowest BCUT2D eigenvalue weighted by molar-refractivity contribution is 0.0872. The van der Waals surface area contributed by atoms with Crippen molar-refractivity contribution in [2.24, 2.45) is 9.98 Å². The molecule has 4 heteroatoms. The van der Waals surface area contributed by atoms with E-state index in [1.807, 2.05) is 24.3 Å². The van der Waals surface area contributed by atoms with Crippen LogP contribution in [0.4, 0.5) is 0 Å². The van der Waals surface area contributed by atoms with Crippen LogP contribution in [0.1, 0.15) is 39.8 Å². The largest absolute Gasteiger partial charge is 0.462 e. The maximum absolute atomic E-state index is 7.19. The topological polar surface area (TPSA) is 43.2 Å². The van der Waals surface area contributed by atoms with Gasteiger partial charge in [-0.15, -0.1) is 0 Å². The van der Waals surface area contributed by atoms with Crippen molar-refractivity contribution in [1.82, 2.24) is 0 Å². The smallest absolute Gasteiger partial charge is 0.194 e. The molecule has 240 valence electrons. The van der Waals surface area contributed by atoms with Crippen LogP contribution in [0.15, 0.2) is 192 Å². The fourth-order valence-corrected chi connectivity index (χ4v) is 7.52. The first-order chi connectivity index (χ1) is 24.2. The molecule has 6 aromatic rings. The first kappa shape index (κ1) is 30.6. The van der Waals surface area contributed by atoms with Crippen molar-refractivity contribution in [2.45, 2.75) is 42.5 Å². The zero-order valence-corrected chi connectivity index (χ0v) is 27.3. The van der Waals surface area contributed by atoms with E-state index in [0.717, 1.165) is 35.1 Å². The van der Waals surface area contributed by atoms with Gasteiger partial charge < -0.3 is 9.47 Å². The summed E-state index contributed by atoms with van der Waals surface area (Å²) >= 11 is 0. The molecule has 0 saturated carbocycles. The lowest BCUT2D eigenvalue weighted by Crippen LogP contribution is -2.40. The summed E-state index contributed by atoms with van der Waals surface area (Å²) in [5, 5.41) is 0. The monoisotopic (exact) mass is 638 g/mol. The highest BCUT2D eigenvalue weighted by atomic mass is 16.5. The molecule has 0 fully saturated rings. The molecule has 0 unspecified atom stereocenters. The van der Waals surface area contributed by atoms with Gasteiger partial charge in [-0.1, -0.05) is 182 Å². The number of nitrogens with zero attached hydrogens (tertiary/aromatic N) is 2. The highest BCUT2D eigenvalue weighted by molar-refractivity contribution is 5.99. The zero-order valence-electron chi connectivity index (χ0n) is 27.3. The molecule has 0 spiro atoms. The van der Waals surface area contributed by atoms with E-state index in [0.29, 0.717) is 18.2 Å². The van der Waals surface area contributed by atoms with Gasteiger partial charge in [0.1, 0.15) is 12.1 Å². The fraction of sp³-hybridized carbons (Fsp3) is 0.156. The first-order valence-corrected chi connectivity index (χ1v) is 17.1. The second kappa shape index (κ2) is 13.4. The van der Waals surface area contributed by atoms with E-state index in [4.69, 9.17) is 19.5 Å². The van der Waals surface area contributed by atoms with Crippen molar-refractivity contribution in [3.8, 4) is 0 Å². The molecule has 0 radical (unpaired) electrons. The van der Waals surface area contributed by atoms with Gasteiger partial charge in [0.25, 0.3) is 0 Å². The number of hydrogen-bond donors (Lipinski definition) is 0. The zero-order chi connectivity index (χ0) is 32.9. The molecular formula is C45H38N2O2. The van der Waals surface area contributed by atoms with Crippen molar-refractivity contribution in [1.29, 1.82) is 0 Å². The molecule has 0 N–H and O–H groups in total. The van der Waals surface area contributed by atoms with Gasteiger partial charge in [0.05, 0.1) is 6.42 Å². The summed E-state index contributed by atoms with van der Waals surface area (Å²) in [6.07, 6.45) is 1.78. The molecule has 49 heavy (non-hydrogen) atoms. The Labute approximate surface area is 288 Å². The number of rotatable bonds is 10. The molecule has 2 aliphatic heterocycles. The van der Waals surface area contributed by atoms with Crippen molar-refractivity contribution >= 4 is 11.8 Å². The van der Waals surface area contributed by atoms with Crippen LogP contribution in [-0.2, 0) is 33.5 Å². The maximum Gasteiger partial charge on any atom is 0.194 e. The summed E-state index contributed by atoms with van der Waals surface area (Å²) in [5.41, 5.74) is 5.07. The van der Waals surface area contributed by atoms with Crippen molar-refractivity contribution in [3.63, 3.8) is 0 Å². The molecule has 6 aromatic carbocycles. The fourth-order valence-electron chi connectivity index (χ4n) is 7.52. The van der Waals surface area contributed by atoms with Gasteiger partial charge >= 0.3 is 0 Å². The third kappa shape index (κ3) is 5.84. The van der Waals surface area contributed by atoms with Crippen LogP contribution in [0.5, 0.6) is 0 Å². The van der Waals surface area contributed by atoms with E-state index in [2.05, 4.69) is 158 Å². The molecule has 2 aliphatic rings. The third-order valence-corrected chi connectivity index (χ3v) is 9.75. The standard InChI is InChI=1S/C45H38N2O2/c1-7-19-34(20-8-1)31-40-44(36-23-11-3-12-24-36,37-25-13-4-14-26-37)48-42(46-40)33-43-47-41(32-35-21-9-2-10-22-35)45(49-43,38-27-15-5-16-28-38)39-29-17-6-18-30-39/h1-30,40-41H,31-33H2/t40-,41-/m1/s1. The Morgan fingerprint density at radius 1 is 0.367 bits per heavy atom. The van der Waals surface area contributed by atoms with Crippen LogP contribution in [0, 0.1) is 0 Å². The van der Waals surface area contributed by atoms with Crippen molar-refractivity contribution in [2.75, 3.05) is 0 Å². The van der Waals surface area contributed by atoms with E-state index in [1.54, 1.807) is 0 Å². The highest BCUT2D eigenvalue weighted by Crippen LogP contribution is 2.47. The number of aliphatic imine (C=N–C) groups is 2. The average molecular weight is 639 g/mol. The predicted molar refractivity (Wildman–Crippen MR) is 197 cm³/mol. The summed E-state index contributed by atoms with van der Waals surface area (Å²) in [5.74, 6) is 1.26. The first-order valence-electron chi connectivity index (χ1n) is 17.1. The van der Waals surface area contributed by atoms with E-state index in [-0.39, 0.29) is 12.1 Å². The van der Waals surface area contributed by atoms with Crippen LogP contribution < -0.4 is 0 Å². The maximum atomic E-state index is 7.19. The second-order valence-corrected chi connectivity index (χ2v) is 12.8. The van der Waals surface area contributed by atoms with Crippen molar-refractivity contribution in [3.05, 3.63) is 215 Å². The van der Waals surface area contributed by atoms with E-state index >= 15 is 0 Å². The number of benzene rings is 6. The number of hydrogen-bond acceptors (Lipinski definition) is 4. The van der Waals surface area contributed by atoms with E-state index in [9.17, 15) is 0 Å². The van der Waals surface area contributed by atoms with Gasteiger partial charge in [-0.2, -0.15) is 0 Å². The molecule has 4 nitrogen and oxygen atoms in total. The Kier molecular flexibility index (Phi) is 8.37. The average Bonchev–Trinajstić information content (AvgIpc) is 3.72. The Balaban J connectivity index is 1.22. The minimum absolute atomic E-state index is 0.204. The summed E-state index contributed by atoms with van der Waals surface area (Å²) < 4.78 is 14.4. The summed E-state index contributed by atoms with van der Waals surface area (Å²) in [7, 11) is 0. The summed E-state index contributed by atoms with van der Waals surface area (Å²) in [4.78, 5) is 10.8. The van der Waals surface area contributed by atoms with Crippen LogP contribution in [0.3, 0.4) is 0 Å². The molecule has 0 aliphatic carbocycles. The van der Waals surface area contributed by atoms with Gasteiger partial charge in [0.15, 0.2) is 23.0 Å². The van der Waals surface area contributed by atoms with Gasteiger partial charge in [0, 0.05) is 22.3 Å². The lowest BCUT2D eigenvalue weighted by Gasteiger charge is -2.35. The Morgan fingerprint density at radius 2 is 0.633 bits per heavy atom. The van der Waals surface area contributed by atoms with Gasteiger partial charge in [-0.25, -0.2) is 9.98 Å².